The third kappa shape index (κ3) is 4.62. The molecule has 20 heavy (non-hydrogen) atoms. The van der Waals surface area contributed by atoms with E-state index in [1.807, 2.05) is 0 Å². The van der Waals surface area contributed by atoms with Crippen molar-refractivity contribution in [2.75, 3.05) is 12.0 Å². The summed E-state index contributed by atoms with van der Waals surface area (Å²) in [5, 5.41) is 8.69. The van der Waals surface area contributed by atoms with Gasteiger partial charge in [0.2, 0.25) is 10.0 Å². The van der Waals surface area contributed by atoms with Gasteiger partial charge in [0, 0.05) is 0 Å². The third-order valence-electron chi connectivity index (χ3n) is 2.39. The number of hydrogen-bond donors (Lipinski definition) is 2. The van der Waals surface area contributed by atoms with Gasteiger partial charge in [0.1, 0.15) is 16.8 Å². The zero-order valence-electron chi connectivity index (χ0n) is 10.5. The first kappa shape index (κ1) is 17.2. The Hall–Kier alpha value is -0.830. The normalized spacial score (nSPS) is 13.2. The van der Waals surface area contributed by atoms with Gasteiger partial charge in [0.05, 0.1) is 5.02 Å². The zero-order chi connectivity index (χ0) is 15.3. The van der Waals surface area contributed by atoms with Gasteiger partial charge in [-0.3, -0.25) is 4.79 Å². The van der Waals surface area contributed by atoms with Crippen molar-refractivity contribution in [3.63, 3.8) is 0 Å². The van der Waals surface area contributed by atoms with Gasteiger partial charge >= 0.3 is 5.97 Å². The lowest BCUT2D eigenvalue weighted by Crippen LogP contribution is -2.41. The van der Waals surface area contributed by atoms with Crippen molar-refractivity contribution in [1.29, 1.82) is 0 Å². The smallest absolute Gasteiger partial charge is 0.321 e. The first-order valence-electron chi connectivity index (χ1n) is 5.47. The lowest BCUT2D eigenvalue weighted by Gasteiger charge is -2.15. The Morgan fingerprint density at radius 1 is 1.55 bits per heavy atom. The summed E-state index contributed by atoms with van der Waals surface area (Å²) in [4.78, 5) is 10.7. The summed E-state index contributed by atoms with van der Waals surface area (Å²) in [7, 11) is -4.12. The number of benzene rings is 1. The van der Waals surface area contributed by atoms with Crippen molar-refractivity contribution in [2.24, 2.45) is 0 Å². The van der Waals surface area contributed by atoms with Crippen molar-refractivity contribution < 1.29 is 22.7 Å². The van der Waals surface area contributed by atoms with E-state index in [0.717, 1.165) is 18.2 Å². The maximum atomic E-state index is 12.9. The molecule has 0 saturated carbocycles. The van der Waals surface area contributed by atoms with Crippen LogP contribution in [0.25, 0.3) is 0 Å². The lowest BCUT2D eigenvalue weighted by molar-refractivity contribution is -0.139. The predicted molar refractivity (Wildman–Crippen MR) is 76.2 cm³/mol. The van der Waals surface area contributed by atoms with Crippen molar-refractivity contribution in [3.05, 3.63) is 29.0 Å². The van der Waals surface area contributed by atoms with Crippen LogP contribution in [0.3, 0.4) is 0 Å². The number of rotatable bonds is 7. The van der Waals surface area contributed by atoms with Crippen molar-refractivity contribution >= 4 is 39.4 Å². The number of hydrogen-bond acceptors (Lipinski definition) is 4. The number of aliphatic carboxylic acids is 1. The van der Waals surface area contributed by atoms with Crippen molar-refractivity contribution in [2.45, 2.75) is 17.4 Å². The summed E-state index contributed by atoms with van der Waals surface area (Å²) < 4.78 is 39.1. The summed E-state index contributed by atoms with van der Waals surface area (Å²) in [6.45, 7) is 0. The second-order valence-corrected chi connectivity index (χ2v) is 6.94. The van der Waals surface area contributed by atoms with Crippen molar-refractivity contribution in [3.8, 4) is 0 Å². The van der Waals surface area contributed by atoms with Gasteiger partial charge in [-0.2, -0.15) is 16.5 Å². The Morgan fingerprint density at radius 3 is 2.70 bits per heavy atom. The van der Waals surface area contributed by atoms with E-state index in [4.69, 9.17) is 16.7 Å². The molecule has 0 amide bonds. The quantitative estimate of drug-likeness (QED) is 0.792. The first-order chi connectivity index (χ1) is 9.27. The fourth-order valence-electron chi connectivity index (χ4n) is 1.41. The third-order valence-corrected chi connectivity index (χ3v) is 4.99. The number of halogens is 2. The molecule has 0 heterocycles. The van der Waals surface area contributed by atoms with E-state index in [-0.39, 0.29) is 16.3 Å². The van der Waals surface area contributed by atoms with Crippen LogP contribution in [0.4, 0.5) is 4.39 Å². The van der Waals surface area contributed by atoms with Gasteiger partial charge in [-0.25, -0.2) is 12.8 Å². The summed E-state index contributed by atoms with van der Waals surface area (Å²) in [6.07, 6.45) is 1.92. The van der Waals surface area contributed by atoms with E-state index >= 15 is 0 Å². The zero-order valence-corrected chi connectivity index (χ0v) is 12.9. The standard InChI is InChI=1S/C11H13ClFNO4S2/c1-19-5-4-9(11(15)16)14-20(17,18)10-3-2-7(13)6-8(10)12/h2-3,6,9,14H,4-5H2,1H3,(H,15,16). The van der Waals surface area contributed by atoms with Crippen LogP contribution >= 0.6 is 23.4 Å². The minimum absolute atomic E-state index is 0.133. The van der Waals surface area contributed by atoms with E-state index in [1.54, 1.807) is 6.26 Å². The van der Waals surface area contributed by atoms with Gasteiger partial charge in [-0.05, 0) is 36.6 Å². The highest BCUT2D eigenvalue weighted by atomic mass is 35.5. The number of nitrogens with one attached hydrogen (secondary N) is 1. The van der Waals surface area contributed by atoms with Gasteiger partial charge < -0.3 is 5.11 Å². The molecule has 0 bridgehead atoms. The molecule has 0 fully saturated rings. The highest BCUT2D eigenvalue weighted by Gasteiger charge is 2.26. The molecule has 1 aromatic carbocycles. The topological polar surface area (TPSA) is 83.5 Å². The number of carbonyl (C=O) groups is 1. The Balaban J connectivity index is 3.00. The molecule has 1 aromatic rings. The average molecular weight is 342 g/mol. The molecule has 0 saturated heterocycles. The SMILES string of the molecule is CSCCC(NS(=O)(=O)c1ccc(F)cc1Cl)C(=O)O. The van der Waals surface area contributed by atoms with Gasteiger partial charge in [-0.1, -0.05) is 11.6 Å². The molecule has 2 N–H and O–H groups in total. The fourth-order valence-corrected chi connectivity index (χ4v) is 3.64. The summed E-state index contributed by atoms with van der Waals surface area (Å²) in [5.41, 5.74) is 0. The second-order valence-electron chi connectivity index (χ2n) is 3.87. The molecule has 0 aliphatic heterocycles. The Kier molecular flexibility index (Phi) is 6.25. The van der Waals surface area contributed by atoms with E-state index in [1.165, 1.54) is 11.8 Å². The molecule has 9 heteroatoms. The van der Waals surface area contributed by atoms with Gasteiger partial charge in [0.25, 0.3) is 0 Å². The van der Waals surface area contributed by atoms with Crippen LogP contribution < -0.4 is 4.72 Å². The van der Waals surface area contributed by atoms with Gasteiger partial charge in [0.15, 0.2) is 0 Å². The van der Waals surface area contributed by atoms with Crippen molar-refractivity contribution in [1.82, 2.24) is 4.72 Å². The largest absolute Gasteiger partial charge is 0.480 e. The molecule has 0 aliphatic carbocycles. The molecule has 112 valence electrons. The molecule has 0 spiro atoms. The minimum atomic E-state index is -4.12. The van der Waals surface area contributed by atoms with Crippen LogP contribution in [0.5, 0.6) is 0 Å². The van der Waals surface area contributed by atoms with E-state index < -0.39 is 27.9 Å². The molecular formula is C11H13ClFNO4S2. The summed E-state index contributed by atoms with van der Waals surface area (Å²) in [5.74, 6) is -1.47. The molecule has 0 radical (unpaired) electrons. The van der Waals surface area contributed by atoms with Crippen LogP contribution in [0.15, 0.2) is 23.1 Å². The molecular weight excluding hydrogens is 329 g/mol. The Labute approximate surface area is 125 Å². The summed E-state index contributed by atoms with van der Waals surface area (Å²) in [6, 6.07) is 1.54. The second kappa shape index (κ2) is 7.26. The first-order valence-corrected chi connectivity index (χ1v) is 8.72. The Bertz CT molecular complexity index is 594. The van der Waals surface area contributed by atoms with Crippen LogP contribution in [0, 0.1) is 5.82 Å². The molecule has 1 unspecified atom stereocenters. The Morgan fingerprint density at radius 2 is 2.20 bits per heavy atom. The molecule has 0 aromatic heterocycles. The molecule has 5 nitrogen and oxygen atoms in total. The van der Waals surface area contributed by atoms with E-state index in [9.17, 15) is 17.6 Å². The van der Waals surface area contributed by atoms with Crippen LogP contribution in [-0.4, -0.2) is 37.5 Å². The lowest BCUT2D eigenvalue weighted by atomic mass is 10.2. The van der Waals surface area contributed by atoms with Crippen LogP contribution in [0.2, 0.25) is 5.02 Å². The number of sulfonamides is 1. The molecule has 0 aliphatic rings. The highest BCUT2D eigenvalue weighted by Crippen LogP contribution is 2.22. The predicted octanol–water partition coefficient (Wildman–Crippen LogP) is 1.96. The van der Waals surface area contributed by atoms with Crippen LogP contribution in [-0.2, 0) is 14.8 Å². The minimum Gasteiger partial charge on any atom is -0.480 e. The maximum absolute atomic E-state index is 12.9. The molecule has 1 rings (SSSR count). The van der Waals surface area contributed by atoms with E-state index in [0.29, 0.717) is 5.75 Å². The number of carboxylic acids is 1. The highest BCUT2D eigenvalue weighted by molar-refractivity contribution is 7.98. The van der Waals surface area contributed by atoms with E-state index in [2.05, 4.69) is 4.72 Å². The monoisotopic (exact) mass is 341 g/mol. The van der Waals surface area contributed by atoms with Gasteiger partial charge in [-0.15, -0.1) is 0 Å². The van der Waals surface area contributed by atoms with Crippen LogP contribution in [0.1, 0.15) is 6.42 Å². The average Bonchev–Trinajstić information content (AvgIpc) is 2.33. The number of thioether (sulfide) groups is 1. The summed E-state index contributed by atoms with van der Waals surface area (Å²) >= 11 is 7.07. The fraction of sp³-hybridized carbons (Fsp3) is 0.364. The maximum Gasteiger partial charge on any atom is 0.321 e. The molecule has 1 atom stereocenters. The number of carboxylic acid groups (broad SMARTS) is 1.